The van der Waals surface area contributed by atoms with Crippen LogP contribution in [0.2, 0.25) is 0 Å². The highest BCUT2D eigenvalue weighted by Gasteiger charge is 2.61. The second-order valence-electron chi connectivity index (χ2n) is 11.2. The number of phenolic OH excluding ortho intramolecular Hbond substituents is 2. The Bertz CT molecular complexity index is 1540. The van der Waals surface area contributed by atoms with Crippen molar-refractivity contribution in [3.8, 4) is 17.2 Å². The summed E-state index contributed by atoms with van der Waals surface area (Å²) in [7, 11) is 1.35. The van der Waals surface area contributed by atoms with Crippen LogP contribution in [0.5, 0.6) is 17.2 Å². The fourth-order valence-electron chi connectivity index (χ4n) is 5.04. The number of carbonyl (C=O) groups excluding carboxylic acids is 3. The Balaban J connectivity index is 1.54. The number of rotatable bonds is 13. The van der Waals surface area contributed by atoms with E-state index in [1.807, 2.05) is 0 Å². The third-order valence-corrected chi connectivity index (χ3v) is 7.68. The molecule has 2 heterocycles. The summed E-state index contributed by atoms with van der Waals surface area (Å²) in [5, 5.41) is 72.5. The highest BCUT2D eigenvalue weighted by atomic mass is 16.8. The minimum atomic E-state index is -2.52. The lowest BCUT2D eigenvalue weighted by Gasteiger charge is -2.43. The number of ether oxygens (including phenoxy) is 7. The Morgan fingerprint density at radius 1 is 0.820 bits per heavy atom. The molecule has 0 radical (unpaired) electrons. The summed E-state index contributed by atoms with van der Waals surface area (Å²) in [6.45, 7) is -1.31. The number of carbonyl (C=O) groups is 3. The van der Waals surface area contributed by atoms with Crippen molar-refractivity contribution in [1.82, 2.24) is 0 Å². The average Bonchev–Trinajstić information content (AvgIpc) is 3.35. The molecule has 2 aromatic carbocycles. The van der Waals surface area contributed by atoms with E-state index in [2.05, 4.69) is 0 Å². The summed E-state index contributed by atoms with van der Waals surface area (Å²) in [5.41, 5.74) is 0.959. The minimum absolute atomic E-state index is 0.0106. The van der Waals surface area contributed by atoms with E-state index in [4.69, 9.17) is 33.2 Å². The van der Waals surface area contributed by atoms with E-state index >= 15 is 0 Å². The van der Waals surface area contributed by atoms with Crippen molar-refractivity contribution in [1.29, 1.82) is 0 Å². The van der Waals surface area contributed by atoms with Gasteiger partial charge in [0.15, 0.2) is 23.9 Å². The fraction of sp³-hybridized carbons (Fsp3) is 0.424. The third kappa shape index (κ3) is 9.34. The van der Waals surface area contributed by atoms with E-state index < -0.39 is 92.5 Å². The second-order valence-corrected chi connectivity index (χ2v) is 11.2. The van der Waals surface area contributed by atoms with Crippen molar-refractivity contribution in [3.63, 3.8) is 0 Å². The van der Waals surface area contributed by atoms with E-state index in [-0.39, 0.29) is 17.2 Å². The van der Waals surface area contributed by atoms with Crippen molar-refractivity contribution in [2.75, 3.05) is 26.9 Å². The van der Waals surface area contributed by atoms with Crippen molar-refractivity contribution in [2.24, 2.45) is 0 Å². The molecule has 0 spiro atoms. The highest BCUT2D eigenvalue weighted by molar-refractivity contribution is 5.88. The predicted molar refractivity (Wildman–Crippen MR) is 167 cm³/mol. The summed E-state index contributed by atoms with van der Waals surface area (Å²) in [6.07, 6.45) is -9.54. The van der Waals surface area contributed by atoms with Gasteiger partial charge in [0.1, 0.15) is 62.2 Å². The number of aliphatic hydroxyl groups excluding tert-OH is 5. The number of esters is 3. The number of benzene rings is 2. The number of phenols is 2. The van der Waals surface area contributed by atoms with Crippen LogP contribution in [-0.4, -0.2) is 135 Å². The zero-order valence-electron chi connectivity index (χ0n) is 26.8. The van der Waals surface area contributed by atoms with Crippen LogP contribution in [-0.2, 0) is 42.8 Å². The van der Waals surface area contributed by atoms with E-state index in [0.717, 1.165) is 19.1 Å². The number of aromatic hydroxyl groups is 2. The van der Waals surface area contributed by atoms with E-state index in [9.17, 15) is 50.1 Å². The van der Waals surface area contributed by atoms with Gasteiger partial charge in [0.05, 0.1) is 7.11 Å². The van der Waals surface area contributed by atoms with Gasteiger partial charge in [-0.05, 0) is 47.5 Å². The Hall–Kier alpha value is -4.59. The molecule has 0 aromatic heterocycles. The summed E-state index contributed by atoms with van der Waals surface area (Å²) < 4.78 is 37.6. The van der Waals surface area contributed by atoms with Crippen molar-refractivity contribution >= 4 is 30.1 Å². The van der Waals surface area contributed by atoms with Crippen LogP contribution in [0.15, 0.2) is 54.6 Å². The molecule has 0 aliphatic carbocycles. The van der Waals surface area contributed by atoms with Gasteiger partial charge in [-0.3, -0.25) is 4.79 Å². The van der Waals surface area contributed by atoms with Gasteiger partial charge in [0.2, 0.25) is 5.79 Å². The molecule has 2 aromatic rings. The molecule has 17 nitrogen and oxygen atoms in total. The largest absolute Gasteiger partial charge is 0.508 e. The first-order valence-corrected chi connectivity index (χ1v) is 15.1. The quantitative estimate of drug-likeness (QED) is 0.0758. The highest BCUT2D eigenvalue weighted by Crippen LogP contribution is 2.38. The van der Waals surface area contributed by atoms with Gasteiger partial charge in [0.25, 0.3) is 0 Å². The topological polar surface area (TPSA) is 257 Å². The van der Waals surface area contributed by atoms with Crippen LogP contribution in [0.1, 0.15) is 18.1 Å². The molecule has 2 aliphatic rings. The van der Waals surface area contributed by atoms with Gasteiger partial charge in [-0.15, -0.1) is 0 Å². The molecule has 17 heteroatoms. The Kier molecular flexibility index (Phi) is 12.9. The lowest BCUT2D eigenvalue weighted by atomic mass is 9.99. The van der Waals surface area contributed by atoms with E-state index in [1.54, 1.807) is 0 Å². The Morgan fingerprint density at radius 2 is 1.46 bits per heavy atom. The van der Waals surface area contributed by atoms with Crippen LogP contribution >= 0.6 is 0 Å². The van der Waals surface area contributed by atoms with Gasteiger partial charge >= 0.3 is 17.9 Å². The molecule has 7 N–H and O–H groups in total. The molecule has 0 saturated carbocycles. The number of methoxy groups -OCH3 is 1. The van der Waals surface area contributed by atoms with Crippen LogP contribution in [0.25, 0.3) is 12.2 Å². The zero-order chi connectivity index (χ0) is 36.6. The molecular weight excluding hydrogens is 668 g/mol. The fourth-order valence-corrected chi connectivity index (χ4v) is 5.04. The molecule has 272 valence electrons. The van der Waals surface area contributed by atoms with Crippen molar-refractivity contribution < 1.29 is 83.3 Å². The maximum atomic E-state index is 12.9. The van der Waals surface area contributed by atoms with Gasteiger partial charge in [0, 0.05) is 19.1 Å². The first-order valence-electron chi connectivity index (χ1n) is 15.1. The van der Waals surface area contributed by atoms with Crippen molar-refractivity contribution in [2.45, 2.75) is 61.7 Å². The monoisotopic (exact) mass is 706 g/mol. The molecule has 50 heavy (non-hydrogen) atoms. The summed E-state index contributed by atoms with van der Waals surface area (Å²) in [5.74, 6) is -5.19. The first kappa shape index (κ1) is 38.2. The smallest absolute Gasteiger partial charge is 0.331 e. The lowest BCUT2D eigenvalue weighted by Crippen LogP contribution is -2.63. The van der Waals surface area contributed by atoms with Crippen LogP contribution in [0.3, 0.4) is 0 Å². The van der Waals surface area contributed by atoms with Crippen molar-refractivity contribution in [3.05, 3.63) is 65.7 Å². The molecule has 0 unspecified atom stereocenters. The molecule has 2 fully saturated rings. The van der Waals surface area contributed by atoms with Gasteiger partial charge in [-0.1, -0.05) is 18.2 Å². The number of aliphatic hydroxyl groups is 5. The molecule has 9 atom stereocenters. The summed E-state index contributed by atoms with van der Waals surface area (Å²) in [4.78, 5) is 36.8. The second kappa shape index (κ2) is 16.9. The van der Waals surface area contributed by atoms with Crippen LogP contribution in [0.4, 0.5) is 0 Å². The molecular formula is C33H38O17. The SMILES string of the molecule is COc1cc(/C=C/C(=O)OC[C@H]2O[C@@](CO)(O[C@H]3O[C@H](COC(C)=O)[C@@H](O)[C@H](O)[C@H]3O)[C@@H](OC(=O)/C=C/c3ccc(O)cc3)[C@@H]2O)ccc1O. The standard InChI is InChI=1S/C33H38O17/c1-17(35)45-14-23-27(40)29(42)30(43)32(47-23)50-33(16-34)31(48-26(39)12-6-18-3-8-20(36)9-4-18)28(41)24(49-33)15-46-25(38)11-7-19-5-10-21(37)22(13-19)44-2/h3-13,23-24,27-32,34,36-37,40-43H,14-16H2,1-2H3/b11-7+,12-6+/t23-,24-,27-,28-,29+,30-,31+,32-,33+/m1/s1. The lowest BCUT2D eigenvalue weighted by molar-refractivity contribution is -0.383. The zero-order valence-corrected chi connectivity index (χ0v) is 26.8. The average molecular weight is 707 g/mol. The Morgan fingerprint density at radius 3 is 2.12 bits per heavy atom. The first-order chi connectivity index (χ1) is 23.8. The predicted octanol–water partition coefficient (Wildman–Crippen LogP) is -0.876. The molecule has 2 aliphatic heterocycles. The molecule has 4 rings (SSSR count). The third-order valence-electron chi connectivity index (χ3n) is 7.68. The normalized spacial score (nSPS) is 29.6. The Labute approximate surface area is 285 Å². The summed E-state index contributed by atoms with van der Waals surface area (Å²) in [6, 6.07) is 10.1. The molecule has 0 amide bonds. The number of hydrogen-bond donors (Lipinski definition) is 7. The maximum absolute atomic E-state index is 12.9. The van der Waals surface area contributed by atoms with Gasteiger partial charge in [-0.2, -0.15) is 0 Å². The van der Waals surface area contributed by atoms with Crippen LogP contribution in [0, 0.1) is 0 Å². The molecule has 0 bridgehead atoms. The maximum Gasteiger partial charge on any atom is 0.331 e. The minimum Gasteiger partial charge on any atom is -0.508 e. The summed E-state index contributed by atoms with van der Waals surface area (Å²) >= 11 is 0. The van der Waals surface area contributed by atoms with E-state index in [0.29, 0.717) is 11.1 Å². The number of hydrogen-bond acceptors (Lipinski definition) is 17. The van der Waals surface area contributed by atoms with E-state index in [1.165, 1.54) is 61.7 Å². The van der Waals surface area contributed by atoms with Gasteiger partial charge in [-0.25, -0.2) is 9.59 Å². The van der Waals surface area contributed by atoms with Crippen LogP contribution < -0.4 is 4.74 Å². The van der Waals surface area contributed by atoms with Gasteiger partial charge < -0.3 is 68.9 Å². The molecule has 2 saturated heterocycles.